The van der Waals surface area contributed by atoms with Crippen LogP contribution in [-0.4, -0.2) is 23.3 Å². The Labute approximate surface area is 121 Å². The molecule has 0 saturated carbocycles. The molecule has 0 fully saturated rings. The molecule has 7 nitrogen and oxygen atoms in total. The third kappa shape index (κ3) is 1.98. The quantitative estimate of drug-likeness (QED) is 0.678. The topological polar surface area (TPSA) is 109 Å². The molecule has 0 atom stereocenters. The maximum absolute atomic E-state index is 12.5. The van der Waals surface area contributed by atoms with Gasteiger partial charge in [0.05, 0.1) is 15.8 Å². The summed E-state index contributed by atoms with van der Waals surface area (Å²) >= 11 is 1.03. The summed E-state index contributed by atoms with van der Waals surface area (Å²) in [6.07, 6.45) is 0. The molecule has 0 aliphatic carbocycles. The Balaban J connectivity index is 2.46. The number of fused-ring (bicyclic) bond motifs is 1. The third-order valence-corrected chi connectivity index (χ3v) is 6.12. The molecular formula is C12H8N2O5S2. The SMILES string of the molecule is O=c1[nH]c2c(S(=O)(=O)c3cccs3)cccc2c(=O)n1O. The molecule has 3 rings (SSSR count). The third-order valence-electron chi connectivity index (χ3n) is 2.92. The molecule has 108 valence electrons. The molecule has 3 aromatic rings. The van der Waals surface area contributed by atoms with Crippen LogP contribution in [0.5, 0.6) is 0 Å². The van der Waals surface area contributed by atoms with Gasteiger partial charge in [-0.05, 0) is 23.6 Å². The average Bonchev–Trinajstić information content (AvgIpc) is 2.99. The van der Waals surface area contributed by atoms with Crippen LogP contribution in [0, 0.1) is 0 Å². The average molecular weight is 324 g/mol. The van der Waals surface area contributed by atoms with Gasteiger partial charge in [0.25, 0.3) is 5.56 Å². The molecule has 0 aliphatic rings. The van der Waals surface area contributed by atoms with Gasteiger partial charge in [-0.2, -0.15) is 0 Å². The smallest absolute Gasteiger partial charge is 0.362 e. The van der Waals surface area contributed by atoms with E-state index in [9.17, 15) is 23.2 Å². The molecule has 0 aliphatic heterocycles. The first-order valence-corrected chi connectivity index (χ1v) is 8.05. The predicted octanol–water partition coefficient (Wildman–Crippen LogP) is 0.821. The van der Waals surface area contributed by atoms with Crippen molar-refractivity contribution >= 4 is 32.1 Å². The van der Waals surface area contributed by atoms with Crippen LogP contribution in [-0.2, 0) is 9.84 Å². The lowest BCUT2D eigenvalue weighted by atomic mass is 10.2. The van der Waals surface area contributed by atoms with E-state index in [4.69, 9.17) is 0 Å². The van der Waals surface area contributed by atoms with Crippen LogP contribution in [0.1, 0.15) is 0 Å². The van der Waals surface area contributed by atoms with Crippen molar-refractivity contribution in [1.29, 1.82) is 0 Å². The second-order valence-corrected chi connectivity index (χ2v) is 7.25. The fraction of sp³-hybridized carbons (Fsp3) is 0. The monoisotopic (exact) mass is 324 g/mol. The van der Waals surface area contributed by atoms with E-state index < -0.39 is 21.1 Å². The van der Waals surface area contributed by atoms with E-state index in [-0.39, 0.29) is 24.7 Å². The Morgan fingerprint density at radius 2 is 1.90 bits per heavy atom. The predicted molar refractivity (Wildman–Crippen MR) is 75.8 cm³/mol. The second kappa shape index (κ2) is 4.57. The summed E-state index contributed by atoms with van der Waals surface area (Å²) in [7, 11) is -3.85. The molecule has 0 amide bonds. The molecule has 0 bridgehead atoms. The van der Waals surface area contributed by atoms with Gasteiger partial charge in [-0.15, -0.1) is 11.3 Å². The maximum atomic E-state index is 12.5. The summed E-state index contributed by atoms with van der Waals surface area (Å²) in [6, 6.07) is 7.03. The van der Waals surface area contributed by atoms with Gasteiger partial charge in [-0.1, -0.05) is 16.9 Å². The number of para-hydroxylation sites is 1. The van der Waals surface area contributed by atoms with E-state index in [0.29, 0.717) is 0 Å². The van der Waals surface area contributed by atoms with Gasteiger partial charge in [-0.3, -0.25) is 4.79 Å². The van der Waals surface area contributed by atoms with E-state index in [0.717, 1.165) is 11.3 Å². The first kappa shape index (κ1) is 13.6. The first-order valence-electron chi connectivity index (χ1n) is 5.69. The van der Waals surface area contributed by atoms with Crippen molar-refractivity contribution in [2.45, 2.75) is 9.10 Å². The van der Waals surface area contributed by atoms with Crippen LogP contribution in [0.25, 0.3) is 10.9 Å². The van der Waals surface area contributed by atoms with Crippen molar-refractivity contribution in [3.8, 4) is 0 Å². The lowest BCUT2D eigenvalue weighted by Crippen LogP contribution is -2.33. The molecule has 21 heavy (non-hydrogen) atoms. The van der Waals surface area contributed by atoms with E-state index in [1.54, 1.807) is 11.4 Å². The lowest BCUT2D eigenvalue weighted by molar-refractivity contribution is 0.162. The number of aromatic nitrogens is 2. The molecule has 0 spiro atoms. The molecular weight excluding hydrogens is 316 g/mol. The minimum atomic E-state index is -3.85. The highest BCUT2D eigenvalue weighted by molar-refractivity contribution is 7.93. The zero-order valence-corrected chi connectivity index (χ0v) is 11.9. The summed E-state index contributed by atoms with van der Waals surface area (Å²) in [5, 5.41) is 10.8. The minimum absolute atomic E-state index is 0.0882. The lowest BCUT2D eigenvalue weighted by Gasteiger charge is -2.06. The highest BCUT2D eigenvalue weighted by Crippen LogP contribution is 2.28. The molecule has 0 saturated heterocycles. The molecule has 1 aromatic carbocycles. The number of aromatic amines is 1. The molecule has 9 heteroatoms. The van der Waals surface area contributed by atoms with Gasteiger partial charge in [0, 0.05) is 0 Å². The summed E-state index contributed by atoms with van der Waals surface area (Å²) in [4.78, 5) is 25.3. The van der Waals surface area contributed by atoms with Crippen LogP contribution in [0.2, 0.25) is 0 Å². The van der Waals surface area contributed by atoms with E-state index in [2.05, 4.69) is 4.98 Å². The van der Waals surface area contributed by atoms with Crippen LogP contribution in [0.15, 0.2) is 54.4 Å². The summed E-state index contributed by atoms with van der Waals surface area (Å²) in [5.41, 5.74) is -2.19. The molecule has 2 aromatic heterocycles. The van der Waals surface area contributed by atoms with Gasteiger partial charge in [-0.25, -0.2) is 13.2 Å². The Morgan fingerprint density at radius 1 is 1.14 bits per heavy atom. The van der Waals surface area contributed by atoms with Crippen molar-refractivity contribution in [1.82, 2.24) is 9.71 Å². The van der Waals surface area contributed by atoms with Crippen LogP contribution in [0.4, 0.5) is 0 Å². The number of sulfone groups is 1. The Bertz CT molecular complexity index is 1050. The summed E-state index contributed by atoms with van der Waals surface area (Å²) in [6.45, 7) is 0. The van der Waals surface area contributed by atoms with E-state index in [1.165, 1.54) is 24.3 Å². The number of rotatable bonds is 2. The Kier molecular flexibility index (Phi) is 2.96. The first-order chi connectivity index (χ1) is 9.93. The number of nitrogens with one attached hydrogen (secondary N) is 1. The molecule has 2 N–H and O–H groups in total. The fourth-order valence-corrected chi connectivity index (χ4v) is 4.51. The number of H-pyrrole nitrogens is 1. The zero-order chi connectivity index (χ0) is 15.2. The number of thiophene rings is 1. The molecule has 0 radical (unpaired) electrons. The van der Waals surface area contributed by atoms with Gasteiger partial charge < -0.3 is 10.2 Å². The van der Waals surface area contributed by atoms with Gasteiger partial charge in [0.1, 0.15) is 4.21 Å². The van der Waals surface area contributed by atoms with Crippen LogP contribution >= 0.6 is 11.3 Å². The van der Waals surface area contributed by atoms with Crippen molar-refractivity contribution < 1.29 is 13.6 Å². The second-order valence-electron chi connectivity index (χ2n) is 4.16. The number of nitrogens with zero attached hydrogens (tertiary/aromatic N) is 1. The van der Waals surface area contributed by atoms with Crippen molar-refractivity contribution in [2.75, 3.05) is 0 Å². The van der Waals surface area contributed by atoms with Crippen LogP contribution in [0.3, 0.4) is 0 Å². The highest BCUT2D eigenvalue weighted by Gasteiger charge is 2.23. The van der Waals surface area contributed by atoms with E-state index in [1.807, 2.05) is 0 Å². The van der Waals surface area contributed by atoms with E-state index >= 15 is 0 Å². The van der Waals surface area contributed by atoms with Gasteiger partial charge in [0.15, 0.2) is 0 Å². The fourth-order valence-electron chi connectivity index (χ4n) is 1.95. The van der Waals surface area contributed by atoms with Crippen LogP contribution < -0.4 is 11.2 Å². The maximum Gasteiger partial charge on any atom is 0.362 e. The summed E-state index contributed by atoms with van der Waals surface area (Å²) < 4.78 is 25.1. The van der Waals surface area contributed by atoms with Crippen molar-refractivity contribution in [3.63, 3.8) is 0 Å². The highest BCUT2D eigenvalue weighted by atomic mass is 32.2. The van der Waals surface area contributed by atoms with Crippen molar-refractivity contribution in [2.24, 2.45) is 0 Å². The Morgan fingerprint density at radius 3 is 2.57 bits per heavy atom. The van der Waals surface area contributed by atoms with Crippen molar-refractivity contribution in [3.05, 3.63) is 56.5 Å². The standard InChI is InChI=1S/C12H8N2O5S2/c15-11-7-3-1-4-8(10(7)13-12(16)14(11)17)21(18,19)9-5-2-6-20-9/h1-6,17H,(H,13,16). The van der Waals surface area contributed by atoms with Gasteiger partial charge >= 0.3 is 5.69 Å². The number of hydrogen-bond acceptors (Lipinski definition) is 6. The largest absolute Gasteiger partial charge is 0.421 e. The zero-order valence-electron chi connectivity index (χ0n) is 10.3. The normalized spacial score (nSPS) is 11.8. The number of hydrogen-bond donors (Lipinski definition) is 2. The molecule has 2 heterocycles. The summed E-state index contributed by atoms with van der Waals surface area (Å²) in [5.74, 6) is 0. The number of benzene rings is 1. The Hall–Kier alpha value is -2.39. The minimum Gasteiger partial charge on any atom is -0.421 e. The molecule has 0 unspecified atom stereocenters. The van der Waals surface area contributed by atoms with Gasteiger partial charge in [0.2, 0.25) is 9.84 Å².